The molecule has 1 fully saturated rings. The summed E-state index contributed by atoms with van der Waals surface area (Å²) in [6, 6.07) is -0.302. The van der Waals surface area contributed by atoms with E-state index in [9.17, 15) is 9.90 Å². The summed E-state index contributed by atoms with van der Waals surface area (Å²) in [5.41, 5.74) is -0.864. The van der Waals surface area contributed by atoms with Crippen LogP contribution < -0.4 is 5.32 Å². The zero-order chi connectivity index (χ0) is 9.19. The van der Waals surface area contributed by atoms with Crippen LogP contribution in [0.15, 0.2) is 0 Å². The monoisotopic (exact) mass is 173 g/mol. The van der Waals surface area contributed by atoms with Crippen molar-refractivity contribution in [3.63, 3.8) is 0 Å². The Balaban J connectivity index is 2.54. The van der Waals surface area contributed by atoms with E-state index >= 15 is 0 Å². The smallest absolute Gasteiger partial charge is 0.404 e. The van der Waals surface area contributed by atoms with Crippen molar-refractivity contribution in [3.05, 3.63) is 0 Å². The highest BCUT2D eigenvalue weighted by Crippen LogP contribution is 2.27. The van der Waals surface area contributed by atoms with Gasteiger partial charge in [0, 0.05) is 0 Å². The minimum Gasteiger partial charge on any atom is -0.465 e. The number of carboxylic acid groups (broad SMARTS) is 1. The Kier molecular flexibility index (Phi) is 2.57. The van der Waals surface area contributed by atoms with Gasteiger partial charge in [-0.05, 0) is 19.8 Å². The topological polar surface area (TPSA) is 69.6 Å². The van der Waals surface area contributed by atoms with Crippen molar-refractivity contribution in [1.82, 2.24) is 5.32 Å². The fourth-order valence-electron chi connectivity index (χ4n) is 1.69. The van der Waals surface area contributed by atoms with Gasteiger partial charge in [-0.3, -0.25) is 0 Å². The number of amides is 1. The third kappa shape index (κ3) is 2.11. The maximum atomic E-state index is 10.3. The molecule has 2 atom stereocenters. The second kappa shape index (κ2) is 3.31. The highest BCUT2D eigenvalue weighted by atomic mass is 16.4. The molecule has 1 aliphatic rings. The van der Waals surface area contributed by atoms with E-state index in [2.05, 4.69) is 5.32 Å². The van der Waals surface area contributed by atoms with Crippen LogP contribution in [0, 0.1) is 0 Å². The Hall–Kier alpha value is -0.770. The first kappa shape index (κ1) is 9.32. The van der Waals surface area contributed by atoms with Gasteiger partial charge >= 0.3 is 6.09 Å². The molecule has 0 heterocycles. The lowest BCUT2D eigenvalue weighted by molar-refractivity contribution is -0.00839. The molecule has 1 aliphatic carbocycles. The first-order valence-electron chi connectivity index (χ1n) is 4.24. The fraction of sp³-hybridized carbons (Fsp3) is 0.875. The lowest BCUT2D eigenvalue weighted by atomic mass is 9.82. The largest absolute Gasteiger partial charge is 0.465 e. The predicted molar refractivity (Wildman–Crippen MR) is 44.0 cm³/mol. The lowest BCUT2D eigenvalue weighted by Crippen LogP contribution is -2.52. The highest BCUT2D eigenvalue weighted by molar-refractivity contribution is 5.65. The molecule has 3 N–H and O–H groups in total. The van der Waals surface area contributed by atoms with E-state index in [1.807, 2.05) is 0 Å². The van der Waals surface area contributed by atoms with Gasteiger partial charge in [0.1, 0.15) is 0 Å². The van der Waals surface area contributed by atoms with Crippen LogP contribution in [0.5, 0.6) is 0 Å². The van der Waals surface area contributed by atoms with E-state index in [-0.39, 0.29) is 6.04 Å². The van der Waals surface area contributed by atoms with Crippen LogP contribution in [0.4, 0.5) is 4.79 Å². The SMILES string of the molecule is CC1(O)CCCCC1NC(=O)O. The van der Waals surface area contributed by atoms with Gasteiger partial charge in [-0.25, -0.2) is 4.79 Å². The summed E-state index contributed by atoms with van der Waals surface area (Å²) in [6.45, 7) is 1.69. The van der Waals surface area contributed by atoms with Gasteiger partial charge in [0.05, 0.1) is 11.6 Å². The Morgan fingerprint density at radius 1 is 1.58 bits per heavy atom. The van der Waals surface area contributed by atoms with E-state index in [4.69, 9.17) is 5.11 Å². The standard InChI is InChI=1S/C8H15NO3/c1-8(12)5-3-2-4-6(8)9-7(10)11/h6,9,12H,2-5H2,1H3,(H,10,11). The van der Waals surface area contributed by atoms with Crippen molar-refractivity contribution in [2.24, 2.45) is 0 Å². The Bertz CT molecular complexity index is 179. The molecule has 4 heteroatoms. The number of carbonyl (C=O) groups is 1. The maximum Gasteiger partial charge on any atom is 0.404 e. The molecule has 0 aromatic heterocycles. The van der Waals surface area contributed by atoms with Gasteiger partial charge in [-0.2, -0.15) is 0 Å². The molecule has 4 nitrogen and oxygen atoms in total. The number of hydrogen-bond acceptors (Lipinski definition) is 2. The van der Waals surface area contributed by atoms with Gasteiger partial charge in [0.15, 0.2) is 0 Å². The molecule has 0 aromatic carbocycles. The average molecular weight is 173 g/mol. The van der Waals surface area contributed by atoms with Crippen LogP contribution in [0.1, 0.15) is 32.6 Å². The van der Waals surface area contributed by atoms with Crippen LogP contribution in [0.3, 0.4) is 0 Å². The molecular formula is C8H15NO3. The zero-order valence-electron chi connectivity index (χ0n) is 7.21. The molecule has 1 rings (SSSR count). The molecule has 0 aromatic rings. The second-order valence-electron chi connectivity index (χ2n) is 3.61. The molecular weight excluding hydrogens is 158 g/mol. The van der Waals surface area contributed by atoms with Gasteiger partial charge in [0.2, 0.25) is 0 Å². The minimum atomic E-state index is -1.05. The quantitative estimate of drug-likeness (QED) is 0.553. The maximum absolute atomic E-state index is 10.3. The van der Waals surface area contributed by atoms with Crippen LogP contribution >= 0.6 is 0 Å². The van der Waals surface area contributed by atoms with Crippen molar-refractivity contribution in [2.45, 2.75) is 44.2 Å². The summed E-state index contributed by atoms with van der Waals surface area (Å²) in [5, 5.41) is 20.6. The molecule has 0 bridgehead atoms. The summed E-state index contributed by atoms with van der Waals surface area (Å²) in [6.07, 6.45) is 2.32. The van der Waals surface area contributed by atoms with Gasteiger partial charge < -0.3 is 15.5 Å². The number of hydrogen-bond donors (Lipinski definition) is 3. The van der Waals surface area contributed by atoms with Crippen molar-refractivity contribution in [3.8, 4) is 0 Å². The highest BCUT2D eigenvalue weighted by Gasteiger charge is 2.35. The number of nitrogens with one attached hydrogen (secondary N) is 1. The molecule has 1 saturated carbocycles. The molecule has 0 saturated heterocycles. The second-order valence-corrected chi connectivity index (χ2v) is 3.61. The Morgan fingerprint density at radius 2 is 2.25 bits per heavy atom. The van der Waals surface area contributed by atoms with Crippen LogP contribution in [0.2, 0.25) is 0 Å². The zero-order valence-corrected chi connectivity index (χ0v) is 7.21. The molecule has 70 valence electrons. The van der Waals surface area contributed by atoms with Crippen LogP contribution in [-0.4, -0.2) is 27.9 Å². The predicted octanol–water partition coefficient (Wildman–Crippen LogP) is 0.948. The van der Waals surface area contributed by atoms with Crippen molar-refractivity contribution in [2.75, 3.05) is 0 Å². The molecule has 12 heavy (non-hydrogen) atoms. The van der Waals surface area contributed by atoms with Crippen LogP contribution in [0.25, 0.3) is 0 Å². The molecule has 2 unspecified atom stereocenters. The Labute approximate surface area is 71.6 Å². The van der Waals surface area contributed by atoms with Gasteiger partial charge in [-0.1, -0.05) is 12.8 Å². The fourth-order valence-corrected chi connectivity index (χ4v) is 1.69. The van der Waals surface area contributed by atoms with Crippen molar-refractivity contribution >= 4 is 6.09 Å². The summed E-state index contributed by atoms with van der Waals surface area (Å²) < 4.78 is 0. The summed E-state index contributed by atoms with van der Waals surface area (Å²) in [4.78, 5) is 10.3. The van der Waals surface area contributed by atoms with E-state index in [1.165, 1.54) is 0 Å². The Morgan fingerprint density at radius 3 is 2.75 bits per heavy atom. The lowest BCUT2D eigenvalue weighted by Gasteiger charge is -2.36. The first-order chi connectivity index (χ1) is 5.52. The molecule has 0 radical (unpaired) electrons. The average Bonchev–Trinajstić information content (AvgIpc) is 1.92. The third-order valence-corrected chi connectivity index (χ3v) is 2.47. The van der Waals surface area contributed by atoms with E-state index in [1.54, 1.807) is 6.92 Å². The summed E-state index contributed by atoms with van der Waals surface area (Å²) in [5.74, 6) is 0. The van der Waals surface area contributed by atoms with Crippen molar-refractivity contribution < 1.29 is 15.0 Å². The van der Waals surface area contributed by atoms with Gasteiger partial charge in [-0.15, -0.1) is 0 Å². The molecule has 1 amide bonds. The summed E-state index contributed by atoms with van der Waals surface area (Å²) in [7, 11) is 0. The normalized spacial score (nSPS) is 36.0. The first-order valence-corrected chi connectivity index (χ1v) is 4.24. The van der Waals surface area contributed by atoms with E-state index < -0.39 is 11.7 Å². The summed E-state index contributed by atoms with van der Waals surface area (Å²) >= 11 is 0. The number of aliphatic hydroxyl groups is 1. The molecule has 0 spiro atoms. The minimum absolute atomic E-state index is 0.302. The van der Waals surface area contributed by atoms with E-state index in [0.29, 0.717) is 6.42 Å². The van der Waals surface area contributed by atoms with Crippen molar-refractivity contribution in [1.29, 1.82) is 0 Å². The van der Waals surface area contributed by atoms with Gasteiger partial charge in [0.25, 0.3) is 0 Å². The number of rotatable bonds is 1. The third-order valence-electron chi connectivity index (χ3n) is 2.47. The van der Waals surface area contributed by atoms with Crippen LogP contribution in [-0.2, 0) is 0 Å². The molecule has 0 aliphatic heterocycles. The van der Waals surface area contributed by atoms with E-state index in [0.717, 1.165) is 19.3 Å².